The van der Waals surface area contributed by atoms with Gasteiger partial charge in [-0.2, -0.15) is 13.2 Å². The van der Waals surface area contributed by atoms with E-state index in [0.717, 1.165) is 12.1 Å². The Labute approximate surface area is 83.1 Å². The number of nitrogen functional groups attached to an aromatic ring is 1. The van der Waals surface area contributed by atoms with E-state index < -0.39 is 12.3 Å². The highest BCUT2D eigenvalue weighted by molar-refractivity contribution is 6.30. The summed E-state index contributed by atoms with van der Waals surface area (Å²) in [5, 5.41) is 9.10. The molecule has 0 heterocycles. The van der Waals surface area contributed by atoms with E-state index in [2.05, 4.69) is 0 Å². The SMILES string of the molecule is Nc1cc(Cl)ccc1C(O)C(F)(F)F. The van der Waals surface area contributed by atoms with Crippen molar-refractivity contribution in [3.63, 3.8) is 0 Å². The molecule has 1 rings (SSSR count). The van der Waals surface area contributed by atoms with Gasteiger partial charge in [0.15, 0.2) is 6.10 Å². The van der Waals surface area contributed by atoms with Crippen LogP contribution in [0.4, 0.5) is 18.9 Å². The van der Waals surface area contributed by atoms with Crippen molar-refractivity contribution >= 4 is 17.3 Å². The summed E-state index contributed by atoms with van der Waals surface area (Å²) in [6.07, 6.45) is -7.29. The molecule has 6 heteroatoms. The van der Waals surface area contributed by atoms with Crippen molar-refractivity contribution < 1.29 is 18.3 Å². The van der Waals surface area contributed by atoms with E-state index in [9.17, 15) is 13.2 Å². The van der Waals surface area contributed by atoms with E-state index in [1.807, 2.05) is 0 Å². The van der Waals surface area contributed by atoms with Crippen LogP contribution in [0.5, 0.6) is 0 Å². The van der Waals surface area contributed by atoms with Gasteiger partial charge in [-0.15, -0.1) is 0 Å². The van der Waals surface area contributed by atoms with Crippen LogP contribution in [-0.2, 0) is 0 Å². The molecule has 0 bridgehead atoms. The van der Waals surface area contributed by atoms with E-state index in [1.165, 1.54) is 6.07 Å². The van der Waals surface area contributed by atoms with E-state index in [4.69, 9.17) is 22.4 Å². The number of hydrogen-bond acceptors (Lipinski definition) is 2. The van der Waals surface area contributed by atoms with Crippen LogP contribution in [0.1, 0.15) is 11.7 Å². The summed E-state index contributed by atoms with van der Waals surface area (Å²) < 4.78 is 36.2. The van der Waals surface area contributed by atoms with E-state index in [1.54, 1.807) is 0 Å². The Bertz CT molecular complexity index is 340. The van der Waals surface area contributed by atoms with Crippen LogP contribution in [0.25, 0.3) is 0 Å². The number of alkyl halides is 3. The van der Waals surface area contributed by atoms with Crippen LogP contribution in [0, 0.1) is 0 Å². The zero-order valence-electron chi connectivity index (χ0n) is 6.85. The van der Waals surface area contributed by atoms with Crippen LogP contribution < -0.4 is 5.73 Å². The van der Waals surface area contributed by atoms with Crippen LogP contribution >= 0.6 is 11.6 Å². The first-order chi connectivity index (χ1) is 6.32. The third-order valence-electron chi connectivity index (χ3n) is 1.65. The molecule has 0 saturated heterocycles. The molecule has 0 spiro atoms. The van der Waals surface area contributed by atoms with Crippen molar-refractivity contribution in [2.45, 2.75) is 12.3 Å². The molecular formula is C8H7ClF3NO. The highest BCUT2D eigenvalue weighted by Crippen LogP contribution is 2.35. The smallest absolute Gasteiger partial charge is 0.398 e. The molecule has 0 fully saturated rings. The minimum atomic E-state index is -4.72. The molecule has 0 amide bonds. The first kappa shape index (κ1) is 11.1. The maximum Gasteiger partial charge on any atom is 0.418 e. The third kappa shape index (κ3) is 2.30. The number of rotatable bonds is 1. The Morgan fingerprint density at radius 3 is 2.36 bits per heavy atom. The Morgan fingerprint density at radius 1 is 1.36 bits per heavy atom. The van der Waals surface area contributed by atoms with Gasteiger partial charge in [0.25, 0.3) is 0 Å². The zero-order valence-corrected chi connectivity index (χ0v) is 7.60. The van der Waals surface area contributed by atoms with Crippen LogP contribution in [0.3, 0.4) is 0 Å². The maximum atomic E-state index is 12.1. The summed E-state index contributed by atoms with van der Waals surface area (Å²) in [4.78, 5) is 0. The third-order valence-corrected chi connectivity index (χ3v) is 1.89. The molecule has 1 aromatic rings. The number of nitrogens with two attached hydrogens (primary N) is 1. The predicted molar refractivity (Wildman–Crippen MR) is 46.9 cm³/mol. The molecule has 78 valence electrons. The van der Waals surface area contributed by atoms with Gasteiger partial charge in [-0.25, -0.2) is 0 Å². The molecule has 0 aliphatic rings. The lowest BCUT2D eigenvalue weighted by atomic mass is 10.1. The summed E-state index contributed by atoms with van der Waals surface area (Å²) in [7, 11) is 0. The van der Waals surface area contributed by atoms with Gasteiger partial charge >= 0.3 is 6.18 Å². The normalized spacial score (nSPS) is 14.1. The molecule has 2 nitrogen and oxygen atoms in total. The number of hydrogen-bond donors (Lipinski definition) is 2. The minimum absolute atomic E-state index is 0.178. The minimum Gasteiger partial charge on any atom is -0.398 e. The average molecular weight is 226 g/mol. The second-order valence-corrected chi connectivity index (χ2v) is 3.15. The van der Waals surface area contributed by atoms with Crippen molar-refractivity contribution in [3.05, 3.63) is 28.8 Å². The van der Waals surface area contributed by atoms with Gasteiger partial charge in [-0.05, 0) is 12.1 Å². The number of benzene rings is 1. The van der Waals surface area contributed by atoms with Gasteiger partial charge in [0, 0.05) is 16.3 Å². The van der Waals surface area contributed by atoms with Crippen LogP contribution in [0.15, 0.2) is 18.2 Å². The maximum absolute atomic E-state index is 12.1. The van der Waals surface area contributed by atoms with Crippen molar-refractivity contribution in [2.75, 3.05) is 5.73 Å². The lowest BCUT2D eigenvalue weighted by molar-refractivity contribution is -0.206. The fourth-order valence-electron chi connectivity index (χ4n) is 0.971. The van der Waals surface area contributed by atoms with E-state index >= 15 is 0 Å². The number of aliphatic hydroxyl groups is 1. The van der Waals surface area contributed by atoms with Gasteiger partial charge in [0.05, 0.1) is 0 Å². The van der Waals surface area contributed by atoms with Crippen molar-refractivity contribution in [1.29, 1.82) is 0 Å². The number of aliphatic hydroxyl groups excluding tert-OH is 1. The van der Waals surface area contributed by atoms with Gasteiger partial charge in [0.1, 0.15) is 0 Å². The monoisotopic (exact) mass is 225 g/mol. The molecular weight excluding hydrogens is 219 g/mol. The van der Waals surface area contributed by atoms with Crippen LogP contribution in [0.2, 0.25) is 5.02 Å². The van der Waals surface area contributed by atoms with Gasteiger partial charge in [-0.3, -0.25) is 0 Å². The van der Waals surface area contributed by atoms with Gasteiger partial charge < -0.3 is 10.8 Å². The quantitative estimate of drug-likeness (QED) is 0.722. The average Bonchev–Trinajstić information content (AvgIpc) is 2.01. The topological polar surface area (TPSA) is 46.2 Å². The van der Waals surface area contributed by atoms with E-state index in [0.29, 0.717) is 0 Å². The molecule has 0 saturated carbocycles. The highest BCUT2D eigenvalue weighted by Gasteiger charge is 2.40. The van der Waals surface area contributed by atoms with Crippen molar-refractivity contribution in [1.82, 2.24) is 0 Å². The Kier molecular flexibility index (Phi) is 2.92. The summed E-state index contributed by atoms with van der Waals surface area (Å²) in [5.41, 5.74) is 4.71. The second-order valence-electron chi connectivity index (χ2n) is 2.72. The second kappa shape index (κ2) is 3.67. The van der Waals surface area contributed by atoms with Gasteiger partial charge in [-0.1, -0.05) is 17.7 Å². The molecule has 0 aliphatic heterocycles. The standard InChI is InChI=1S/C8H7ClF3NO/c9-4-1-2-5(6(13)3-4)7(14)8(10,11)12/h1-3,7,14H,13H2. The fraction of sp³-hybridized carbons (Fsp3) is 0.250. The predicted octanol–water partition coefficient (Wildman–Crippen LogP) is 2.52. The molecule has 1 aromatic carbocycles. The van der Waals surface area contributed by atoms with Crippen molar-refractivity contribution in [2.24, 2.45) is 0 Å². The lowest BCUT2D eigenvalue weighted by Gasteiger charge is -2.16. The largest absolute Gasteiger partial charge is 0.418 e. The molecule has 3 N–H and O–H groups in total. The van der Waals surface area contributed by atoms with Gasteiger partial charge in [0.2, 0.25) is 0 Å². The van der Waals surface area contributed by atoms with Crippen molar-refractivity contribution in [3.8, 4) is 0 Å². The summed E-state index contributed by atoms with van der Waals surface area (Å²) in [6.45, 7) is 0. The molecule has 1 unspecified atom stereocenters. The Balaban J connectivity index is 3.08. The molecule has 0 aliphatic carbocycles. The lowest BCUT2D eigenvalue weighted by Crippen LogP contribution is -2.21. The molecule has 0 aromatic heterocycles. The number of anilines is 1. The number of halogens is 4. The zero-order chi connectivity index (χ0) is 10.9. The summed E-state index contributed by atoms with van der Waals surface area (Å²) in [5.74, 6) is 0. The highest BCUT2D eigenvalue weighted by atomic mass is 35.5. The Morgan fingerprint density at radius 2 is 1.93 bits per heavy atom. The summed E-state index contributed by atoms with van der Waals surface area (Å²) in [6, 6.07) is 3.45. The molecule has 0 radical (unpaired) electrons. The van der Waals surface area contributed by atoms with E-state index in [-0.39, 0.29) is 16.3 Å². The fourth-order valence-corrected chi connectivity index (χ4v) is 1.15. The first-order valence-electron chi connectivity index (χ1n) is 3.62. The van der Waals surface area contributed by atoms with Crippen LogP contribution in [-0.4, -0.2) is 11.3 Å². The molecule has 1 atom stereocenters. The summed E-state index contributed by atoms with van der Waals surface area (Å²) >= 11 is 5.49. The Hall–Kier alpha value is -0.940. The first-order valence-corrected chi connectivity index (χ1v) is 4.00. The molecule has 14 heavy (non-hydrogen) atoms.